The maximum Gasteiger partial charge on any atom is 0.310 e. The average Bonchev–Trinajstić information content (AvgIpc) is 3.56. The number of aliphatic carboxylic acids is 1. The third-order valence-corrected chi connectivity index (χ3v) is 8.04. The number of ether oxygens (including phenoxy) is 1. The van der Waals surface area contributed by atoms with Gasteiger partial charge in [-0.05, 0) is 23.8 Å². The van der Waals surface area contributed by atoms with Crippen molar-refractivity contribution in [3.8, 4) is 0 Å². The summed E-state index contributed by atoms with van der Waals surface area (Å²) in [5.41, 5.74) is 0.783. The van der Waals surface area contributed by atoms with Crippen LogP contribution >= 0.6 is 0 Å². The van der Waals surface area contributed by atoms with E-state index in [1.807, 2.05) is 18.2 Å². The first kappa shape index (κ1) is 35.9. The fourth-order valence-corrected chi connectivity index (χ4v) is 5.69. The van der Waals surface area contributed by atoms with Crippen molar-refractivity contribution in [1.29, 1.82) is 0 Å². The minimum Gasteiger partial charge on any atom is -0.481 e. The summed E-state index contributed by atoms with van der Waals surface area (Å²) in [6.45, 7) is 8.03. The van der Waals surface area contributed by atoms with Gasteiger partial charge in [-0.25, -0.2) is 0 Å². The lowest BCUT2D eigenvalue weighted by atomic mass is 9.90. The van der Waals surface area contributed by atoms with E-state index in [0.29, 0.717) is 6.42 Å². The van der Waals surface area contributed by atoms with E-state index in [9.17, 15) is 43.8 Å². The number of amides is 5. The Labute approximate surface area is 266 Å². The number of rotatable bonds is 13. The number of esters is 1. The summed E-state index contributed by atoms with van der Waals surface area (Å²) < 4.78 is 4.74. The predicted octanol–water partition coefficient (Wildman–Crippen LogP) is -0.618. The first-order valence-corrected chi connectivity index (χ1v) is 15.2. The van der Waals surface area contributed by atoms with Gasteiger partial charge in [0.2, 0.25) is 35.8 Å². The number of carbonyl (C=O) groups excluding carboxylic acids is 6. The molecule has 2 aliphatic rings. The minimum absolute atomic E-state index is 0.139. The molecule has 5 amide bonds. The largest absolute Gasteiger partial charge is 0.481 e. The number of aliphatic hydroxyl groups is 1. The van der Waals surface area contributed by atoms with Gasteiger partial charge in [0.05, 0.1) is 12.8 Å². The molecule has 6 N–H and O–H groups in total. The molecule has 7 atom stereocenters. The number of aliphatic hydroxyl groups excluding tert-OH is 1. The number of carboxylic acid groups (broad SMARTS) is 1. The Hall–Kier alpha value is -4.53. The summed E-state index contributed by atoms with van der Waals surface area (Å²) in [7, 11) is 0. The molecule has 0 aromatic heterocycles. The van der Waals surface area contributed by atoms with Crippen molar-refractivity contribution < 1.29 is 48.5 Å². The molecule has 0 radical (unpaired) electrons. The lowest BCUT2D eigenvalue weighted by molar-refractivity contribution is -0.155. The van der Waals surface area contributed by atoms with Crippen LogP contribution in [0, 0.1) is 11.8 Å². The number of carbonyl (C=O) groups is 7. The maximum absolute atomic E-state index is 14.1. The first-order chi connectivity index (χ1) is 21.6. The van der Waals surface area contributed by atoms with Gasteiger partial charge in [-0.2, -0.15) is 0 Å². The highest BCUT2D eigenvalue weighted by atomic mass is 16.6. The van der Waals surface area contributed by atoms with Crippen LogP contribution in [0.4, 0.5) is 0 Å². The molecule has 2 fully saturated rings. The van der Waals surface area contributed by atoms with Gasteiger partial charge in [-0.15, -0.1) is 0 Å². The maximum atomic E-state index is 14.1. The SMILES string of the molecule is CC(=O)N[C@H](C(=O)N[C@@H](CC(=O)O)C(=O)N[C@H](C(=O)N1CC[C@H](c2ccccc2)[C@H]1C(=O)N[C@H]1CC(=O)OC1O)C(C)C)C(C)C. The van der Waals surface area contributed by atoms with E-state index in [2.05, 4.69) is 21.3 Å². The number of benzene rings is 1. The van der Waals surface area contributed by atoms with Crippen molar-refractivity contribution in [1.82, 2.24) is 26.2 Å². The Balaban J connectivity index is 1.86. The van der Waals surface area contributed by atoms with Gasteiger partial charge in [0.15, 0.2) is 0 Å². The molecule has 15 heteroatoms. The van der Waals surface area contributed by atoms with Gasteiger partial charge >= 0.3 is 11.9 Å². The zero-order valence-corrected chi connectivity index (χ0v) is 26.5. The lowest BCUT2D eigenvalue weighted by Crippen LogP contribution is -2.60. The van der Waals surface area contributed by atoms with Crippen molar-refractivity contribution >= 4 is 41.5 Å². The highest BCUT2D eigenvalue weighted by Gasteiger charge is 2.47. The Morgan fingerprint density at radius 1 is 0.935 bits per heavy atom. The van der Waals surface area contributed by atoms with Crippen LogP contribution in [0.1, 0.15) is 65.4 Å². The van der Waals surface area contributed by atoms with Crippen LogP contribution in [-0.2, 0) is 38.3 Å². The number of hydrogen-bond donors (Lipinski definition) is 6. The summed E-state index contributed by atoms with van der Waals surface area (Å²) in [5, 5.41) is 29.6. The molecule has 0 saturated carbocycles. The molecule has 0 aliphatic carbocycles. The summed E-state index contributed by atoms with van der Waals surface area (Å²) in [6.07, 6.45) is -2.18. The molecule has 2 heterocycles. The third kappa shape index (κ3) is 9.02. The quantitative estimate of drug-likeness (QED) is 0.149. The highest BCUT2D eigenvalue weighted by molar-refractivity contribution is 5.97. The molecule has 2 saturated heterocycles. The third-order valence-electron chi connectivity index (χ3n) is 8.04. The van der Waals surface area contributed by atoms with Gasteiger partial charge in [0.1, 0.15) is 30.2 Å². The first-order valence-electron chi connectivity index (χ1n) is 15.2. The van der Waals surface area contributed by atoms with Gasteiger partial charge in [-0.1, -0.05) is 58.0 Å². The average molecular weight is 646 g/mol. The Kier molecular flexibility index (Phi) is 12.2. The molecule has 0 bridgehead atoms. The molecule has 15 nitrogen and oxygen atoms in total. The lowest BCUT2D eigenvalue weighted by Gasteiger charge is -2.33. The van der Waals surface area contributed by atoms with Gasteiger partial charge in [0, 0.05) is 19.4 Å². The van der Waals surface area contributed by atoms with Crippen molar-refractivity contribution in [3.05, 3.63) is 35.9 Å². The van der Waals surface area contributed by atoms with Crippen LogP contribution in [0.5, 0.6) is 0 Å². The van der Waals surface area contributed by atoms with E-state index < -0.39 is 96.2 Å². The molecule has 0 spiro atoms. The van der Waals surface area contributed by atoms with Crippen molar-refractivity contribution in [2.75, 3.05) is 6.54 Å². The van der Waals surface area contributed by atoms with E-state index in [1.54, 1.807) is 39.8 Å². The smallest absolute Gasteiger partial charge is 0.310 e. The molecule has 46 heavy (non-hydrogen) atoms. The standard InChI is InChI=1S/C31H43N5O10/c1-15(2)24(32-17(5)37)28(42)33-20(13-22(38)39)27(41)35-25(16(3)4)30(44)36-12-11-19(18-9-7-6-8-10-18)26(36)29(43)34-21-14-23(40)46-31(21)45/h6-10,15-16,19-21,24-26,31,45H,11-14H2,1-5H3,(H,32,37)(H,33,42)(H,34,43)(H,35,41)(H,38,39)/t19-,20+,21+,24+,25+,26+,31?/m1/s1. The second-order valence-corrected chi connectivity index (χ2v) is 12.3. The predicted molar refractivity (Wildman–Crippen MR) is 161 cm³/mol. The number of likely N-dealkylation sites (tertiary alicyclic amines) is 1. The normalized spacial score (nSPS) is 22.9. The van der Waals surface area contributed by atoms with E-state index in [0.717, 1.165) is 5.56 Å². The summed E-state index contributed by atoms with van der Waals surface area (Å²) >= 11 is 0. The molecule has 1 aromatic rings. The zero-order chi connectivity index (χ0) is 34.3. The monoisotopic (exact) mass is 645 g/mol. The van der Waals surface area contributed by atoms with Crippen molar-refractivity contribution in [2.24, 2.45) is 11.8 Å². The summed E-state index contributed by atoms with van der Waals surface area (Å²) in [6, 6.07) is 3.13. The minimum atomic E-state index is -1.58. The number of nitrogens with zero attached hydrogens (tertiary/aromatic N) is 1. The molecule has 1 aromatic carbocycles. The fraction of sp³-hybridized carbons (Fsp3) is 0.581. The Morgan fingerprint density at radius 2 is 1.57 bits per heavy atom. The number of nitrogens with one attached hydrogen (secondary N) is 4. The van der Waals surface area contributed by atoms with E-state index >= 15 is 0 Å². The Bertz CT molecular complexity index is 1320. The topological polar surface area (TPSA) is 221 Å². The van der Waals surface area contributed by atoms with Gasteiger partial charge in [0.25, 0.3) is 0 Å². The van der Waals surface area contributed by atoms with Crippen LogP contribution in [0.25, 0.3) is 0 Å². The van der Waals surface area contributed by atoms with Crippen LogP contribution in [0.15, 0.2) is 30.3 Å². The second-order valence-electron chi connectivity index (χ2n) is 12.3. The molecular weight excluding hydrogens is 602 g/mol. The zero-order valence-electron chi connectivity index (χ0n) is 26.5. The summed E-state index contributed by atoms with van der Waals surface area (Å²) in [5.74, 6) is -6.84. The van der Waals surface area contributed by atoms with Crippen molar-refractivity contribution in [2.45, 2.75) is 96.3 Å². The highest BCUT2D eigenvalue weighted by Crippen LogP contribution is 2.35. The van der Waals surface area contributed by atoms with Crippen LogP contribution in [-0.4, -0.2) is 99.6 Å². The number of hydrogen-bond acceptors (Lipinski definition) is 9. The molecule has 2 aliphatic heterocycles. The molecule has 1 unspecified atom stereocenters. The fourth-order valence-electron chi connectivity index (χ4n) is 5.69. The summed E-state index contributed by atoms with van der Waals surface area (Å²) in [4.78, 5) is 90.5. The Morgan fingerprint density at radius 3 is 2.09 bits per heavy atom. The van der Waals surface area contributed by atoms with Gasteiger partial charge in [-0.3, -0.25) is 33.6 Å². The van der Waals surface area contributed by atoms with E-state index in [4.69, 9.17) is 4.74 Å². The van der Waals surface area contributed by atoms with Crippen LogP contribution in [0.3, 0.4) is 0 Å². The van der Waals surface area contributed by atoms with Crippen LogP contribution < -0.4 is 21.3 Å². The molecule has 252 valence electrons. The second kappa shape index (κ2) is 15.7. The molecule has 3 rings (SSSR count). The molecular formula is C31H43N5O10. The van der Waals surface area contributed by atoms with E-state index in [1.165, 1.54) is 11.8 Å². The van der Waals surface area contributed by atoms with Gasteiger partial charge < -0.3 is 41.1 Å². The van der Waals surface area contributed by atoms with Crippen molar-refractivity contribution in [3.63, 3.8) is 0 Å². The number of carboxylic acids is 1. The van der Waals surface area contributed by atoms with E-state index in [-0.39, 0.29) is 18.9 Å². The number of cyclic esters (lactones) is 1. The van der Waals surface area contributed by atoms with Crippen LogP contribution in [0.2, 0.25) is 0 Å².